The Balaban J connectivity index is 2.11. The van der Waals surface area contributed by atoms with E-state index in [1.807, 2.05) is 10.9 Å². The molecule has 1 aliphatic heterocycles. The van der Waals surface area contributed by atoms with E-state index in [0.717, 1.165) is 0 Å². The lowest BCUT2D eigenvalue weighted by Crippen LogP contribution is -2.33. The fourth-order valence-corrected chi connectivity index (χ4v) is 1.77. The van der Waals surface area contributed by atoms with Gasteiger partial charge in [0.15, 0.2) is 0 Å². The zero-order valence-corrected chi connectivity index (χ0v) is 7.35. The molecule has 1 saturated heterocycles. The normalized spacial score (nSPS) is 25.9. The van der Waals surface area contributed by atoms with Crippen LogP contribution < -0.4 is 0 Å². The maximum atomic E-state index is 4.02. The van der Waals surface area contributed by atoms with Gasteiger partial charge in [0.05, 0.1) is 6.20 Å². The molecular weight excluding hydrogens is 152 g/mol. The summed E-state index contributed by atoms with van der Waals surface area (Å²) in [6, 6.07) is 0. The number of piperidine rings is 1. The fraction of sp³-hybridized carbons (Fsp3) is 0.750. The van der Waals surface area contributed by atoms with Gasteiger partial charge in [0, 0.05) is 6.20 Å². The quantitative estimate of drug-likeness (QED) is 0.621. The van der Waals surface area contributed by atoms with E-state index >= 15 is 0 Å². The molecule has 1 aromatic heterocycles. The molecule has 0 N–H and O–H groups in total. The summed E-state index contributed by atoms with van der Waals surface area (Å²) in [6.45, 7) is 1.17. The molecule has 1 fully saturated rings. The standard InChI is InChI=1S/C8H14N4/c1-11-6-3-2-4-8(11)12-7-5-9-10-12/h5,7-8H,2-4,6H2,1H3. The third-order valence-electron chi connectivity index (χ3n) is 2.48. The third-order valence-corrected chi connectivity index (χ3v) is 2.48. The van der Waals surface area contributed by atoms with E-state index in [-0.39, 0.29) is 0 Å². The van der Waals surface area contributed by atoms with Crippen LogP contribution in [0, 0.1) is 0 Å². The maximum Gasteiger partial charge on any atom is 0.105 e. The molecule has 2 heterocycles. The van der Waals surface area contributed by atoms with Gasteiger partial charge in [-0.3, -0.25) is 4.90 Å². The predicted octanol–water partition coefficient (Wildman–Crippen LogP) is 0.892. The number of nitrogens with zero attached hydrogens (tertiary/aromatic N) is 4. The van der Waals surface area contributed by atoms with Gasteiger partial charge in [-0.05, 0) is 32.9 Å². The summed E-state index contributed by atoms with van der Waals surface area (Å²) in [5, 5.41) is 7.83. The second-order valence-corrected chi connectivity index (χ2v) is 3.34. The molecule has 0 bridgehead atoms. The molecule has 1 atom stereocenters. The van der Waals surface area contributed by atoms with Crippen LogP contribution in [0.1, 0.15) is 25.4 Å². The van der Waals surface area contributed by atoms with E-state index < -0.39 is 0 Å². The van der Waals surface area contributed by atoms with E-state index in [1.165, 1.54) is 25.8 Å². The molecule has 1 aromatic rings. The van der Waals surface area contributed by atoms with Crippen LogP contribution in [-0.2, 0) is 0 Å². The van der Waals surface area contributed by atoms with Gasteiger partial charge in [-0.1, -0.05) is 5.21 Å². The Kier molecular flexibility index (Phi) is 2.08. The van der Waals surface area contributed by atoms with Gasteiger partial charge in [0.2, 0.25) is 0 Å². The summed E-state index contributed by atoms with van der Waals surface area (Å²) in [4.78, 5) is 2.33. The van der Waals surface area contributed by atoms with Crippen LogP contribution in [0.15, 0.2) is 12.4 Å². The lowest BCUT2D eigenvalue weighted by Gasteiger charge is -2.31. The first-order valence-corrected chi connectivity index (χ1v) is 4.44. The Bertz CT molecular complexity index is 231. The lowest BCUT2D eigenvalue weighted by atomic mass is 10.1. The van der Waals surface area contributed by atoms with Crippen molar-refractivity contribution in [2.75, 3.05) is 13.6 Å². The topological polar surface area (TPSA) is 34.0 Å². The second-order valence-electron chi connectivity index (χ2n) is 3.34. The van der Waals surface area contributed by atoms with E-state index in [2.05, 4.69) is 22.3 Å². The molecule has 12 heavy (non-hydrogen) atoms. The van der Waals surface area contributed by atoms with Crippen molar-refractivity contribution in [3.63, 3.8) is 0 Å². The highest BCUT2D eigenvalue weighted by Gasteiger charge is 2.20. The summed E-state index contributed by atoms with van der Waals surface area (Å²) in [5.41, 5.74) is 0. The van der Waals surface area contributed by atoms with Crippen molar-refractivity contribution < 1.29 is 0 Å². The summed E-state index contributed by atoms with van der Waals surface area (Å²) < 4.78 is 1.94. The molecule has 1 aliphatic rings. The first-order valence-electron chi connectivity index (χ1n) is 4.44. The lowest BCUT2D eigenvalue weighted by molar-refractivity contribution is 0.113. The summed E-state index contributed by atoms with van der Waals surface area (Å²) in [7, 11) is 2.14. The fourth-order valence-electron chi connectivity index (χ4n) is 1.77. The molecule has 0 spiro atoms. The summed E-state index contributed by atoms with van der Waals surface area (Å²) >= 11 is 0. The maximum absolute atomic E-state index is 4.02. The van der Waals surface area contributed by atoms with E-state index in [9.17, 15) is 0 Å². The molecule has 0 radical (unpaired) electrons. The van der Waals surface area contributed by atoms with Gasteiger partial charge in [0.1, 0.15) is 6.17 Å². The van der Waals surface area contributed by atoms with Crippen LogP contribution in [0.4, 0.5) is 0 Å². The van der Waals surface area contributed by atoms with Crippen molar-refractivity contribution in [2.24, 2.45) is 0 Å². The zero-order valence-electron chi connectivity index (χ0n) is 7.35. The van der Waals surface area contributed by atoms with Gasteiger partial charge in [-0.2, -0.15) is 0 Å². The number of aromatic nitrogens is 3. The highest BCUT2D eigenvalue weighted by Crippen LogP contribution is 2.22. The van der Waals surface area contributed by atoms with Crippen molar-refractivity contribution >= 4 is 0 Å². The van der Waals surface area contributed by atoms with Crippen LogP contribution in [0.5, 0.6) is 0 Å². The molecule has 2 rings (SSSR count). The van der Waals surface area contributed by atoms with Crippen molar-refractivity contribution in [1.29, 1.82) is 0 Å². The van der Waals surface area contributed by atoms with E-state index in [1.54, 1.807) is 6.20 Å². The summed E-state index contributed by atoms with van der Waals surface area (Å²) in [5.74, 6) is 0. The van der Waals surface area contributed by atoms with Gasteiger partial charge in [0.25, 0.3) is 0 Å². The molecule has 0 amide bonds. The highest BCUT2D eigenvalue weighted by atomic mass is 15.5. The summed E-state index contributed by atoms with van der Waals surface area (Å²) in [6.07, 6.45) is 7.91. The van der Waals surface area contributed by atoms with Crippen LogP contribution in [0.3, 0.4) is 0 Å². The second kappa shape index (κ2) is 3.23. The first-order chi connectivity index (χ1) is 5.88. The van der Waals surface area contributed by atoms with Crippen molar-refractivity contribution in [3.05, 3.63) is 12.4 Å². The average molecular weight is 166 g/mol. The van der Waals surface area contributed by atoms with Gasteiger partial charge < -0.3 is 0 Å². The minimum absolute atomic E-state index is 0.432. The third kappa shape index (κ3) is 1.34. The van der Waals surface area contributed by atoms with Gasteiger partial charge in [-0.25, -0.2) is 4.68 Å². The largest absolute Gasteiger partial charge is 0.285 e. The van der Waals surface area contributed by atoms with Crippen LogP contribution in [-0.4, -0.2) is 33.5 Å². The molecule has 0 saturated carbocycles. The zero-order chi connectivity index (χ0) is 8.39. The minimum atomic E-state index is 0.432. The number of likely N-dealkylation sites (tertiary alicyclic amines) is 1. The highest BCUT2D eigenvalue weighted by molar-refractivity contribution is 4.75. The van der Waals surface area contributed by atoms with Crippen LogP contribution in [0.2, 0.25) is 0 Å². The Labute approximate surface area is 72.2 Å². The number of hydrogen-bond donors (Lipinski definition) is 0. The van der Waals surface area contributed by atoms with Gasteiger partial charge in [-0.15, -0.1) is 5.10 Å². The Morgan fingerprint density at radius 3 is 3.00 bits per heavy atom. The number of hydrogen-bond acceptors (Lipinski definition) is 3. The number of rotatable bonds is 1. The van der Waals surface area contributed by atoms with Crippen molar-refractivity contribution in [1.82, 2.24) is 19.9 Å². The monoisotopic (exact) mass is 166 g/mol. The SMILES string of the molecule is CN1CCCCC1n1ccnn1. The minimum Gasteiger partial charge on any atom is -0.285 e. The van der Waals surface area contributed by atoms with E-state index in [0.29, 0.717) is 6.17 Å². The molecule has 4 nitrogen and oxygen atoms in total. The first kappa shape index (κ1) is 7.73. The molecule has 66 valence electrons. The van der Waals surface area contributed by atoms with E-state index in [4.69, 9.17) is 0 Å². The van der Waals surface area contributed by atoms with Crippen LogP contribution >= 0.6 is 0 Å². The average Bonchev–Trinajstić information content (AvgIpc) is 2.57. The Morgan fingerprint density at radius 2 is 2.33 bits per heavy atom. The molecule has 4 heteroatoms. The van der Waals surface area contributed by atoms with Gasteiger partial charge >= 0.3 is 0 Å². The predicted molar refractivity (Wildman–Crippen MR) is 45.5 cm³/mol. The van der Waals surface area contributed by atoms with Crippen molar-refractivity contribution in [2.45, 2.75) is 25.4 Å². The Morgan fingerprint density at radius 1 is 1.42 bits per heavy atom. The van der Waals surface area contributed by atoms with Crippen LogP contribution in [0.25, 0.3) is 0 Å². The molecular formula is C8H14N4. The molecule has 0 aliphatic carbocycles. The molecule has 1 unspecified atom stereocenters. The van der Waals surface area contributed by atoms with Crippen molar-refractivity contribution in [3.8, 4) is 0 Å². The Hall–Kier alpha value is -0.900. The molecule has 0 aromatic carbocycles. The smallest absolute Gasteiger partial charge is 0.105 e.